The maximum atomic E-state index is 6.10. The average Bonchev–Trinajstić information content (AvgIpc) is 2.86. The molecule has 0 aliphatic carbocycles. The summed E-state index contributed by atoms with van der Waals surface area (Å²) in [6.45, 7) is 0. The molecule has 0 amide bonds. The third-order valence-electron chi connectivity index (χ3n) is 3.66. The third kappa shape index (κ3) is 1.96. The van der Waals surface area contributed by atoms with Crippen LogP contribution in [0.4, 0.5) is 5.69 Å². The lowest BCUT2D eigenvalue weighted by Gasteiger charge is -2.05. The molecular weight excluding hydrogens is 258 g/mol. The second-order valence-electron chi connectivity index (χ2n) is 4.87. The van der Waals surface area contributed by atoms with Gasteiger partial charge in [-0.3, -0.25) is 0 Å². The number of benzene rings is 3. The standard InChI is InChI=1S/C18H13NO.CH4/c19-16-10-3-1-6-12(16)14-8-5-9-15-13-7-2-4-11-17(13)20-18(14)15;/h1-11H,19H2;1H4. The summed E-state index contributed by atoms with van der Waals surface area (Å²) in [5, 5.41) is 2.26. The van der Waals surface area contributed by atoms with Crippen molar-refractivity contribution in [1.29, 1.82) is 0 Å². The van der Waals surface area contributed by atoms with Crippen molar-refractivity contribution >= 4 is 27.6 Å². The molecule has 0 fully saturated rings. The second kappa shape index (κ2) is 4.98. The summed E-state index contributed by atoms with van der Waals surface area (Å²) in [6, 6.07) is 22.2. The van der Waals surface area contributed by atoms with Crippen LogP contribution in [0.5, 0.6) is 0 Å². The molecule has 0 saturated heterocycles. The Kier molecular flexibility index (Phi) is 3.15. The summed E-state index contributed by atoms with van der Waals surface area (Å²) >= 11 is 0. The Morgan fingerprint density at radius 2 is 1.33 bits per heavy atom. The van der Waals surface area contributed by atoms with Gasteiger partial charge in [-0.2, -0.15) is 0 Å². The van der Waals surface area contributed by atoms with Crippen molar-refractivity contribution in [3.05, 3.63) is 66.7 Å². The van der Waals surface area contributed by atoms with Gasteiger partial charge in [0.25, 0.3) is 0 Å². The zero-order chi connectivity index (χ0) is 13.5. The van der Waals surface area contributed by atoms with E-state index in [0.29, 0.717) is 0 Å². The monoisotopic (exact) mass is 275 g/mol. The number of para-hydroxylation sites is 3. The van der Waals surface area contributed by atoms with Crippen molar-refractivity contribution in [1.82, 2.24) is 0 Å². The van der Waals surface area contributed by atoms with Crippen LogP contribution in [-0.4, -0.2) is 0 Å². The molecule has 1 heterocycles. The molecule has 2 nitrogen and oxygen atoms in total. The van der Waals surface area contributed by atoms with Gasteiger partial charge in [0.1, 0.15) is 11.2 Å². The van der Waals surface area contributed by atoms with Crippen molar-refractivity contribution in [2.75, 3.05) is 5.73 Å². The van der Waals surface area contributed by atoms with Gasteiger partial charge in [-0.25, -0.2) is 0 Å². The van der Waals surface area contributed by atoms with Crippen LogP contribution in [0.3, 0.4) is 0 Å². The van der Waals surface area contributed by atoms with Crippen LogP contribution in [0.1, 0.15) is 7.43 Å². The lowest BCUT2D eigenvalue weighted by molar-refractivity contribution is 0.670. The molecule has 0 aliphatic heterocycles. The molecule has 21 heavy (non-hydrogen) atoms. The van der Waals surface area contributed by atoms with Gasteiger partial charge in [0.15, 0.2) is 0 Å². The first-order chi connectivity index (χ1) is 9.84. The Labute approximate surface area is 123 Å². The van der Waals surface area contributed by atoms with E-state index in [0.717, 1.165) is 38.8 Å². The van der Waals surface area contributed by atoms with Gasteiger partial charge in [-0.05, 0) is 12.1 Å². The van der Waals surface area contributed by atoms with E-state index >= 15 is 0 Å². The summed E-state index contributed by atoms with van der Waals surface area (Å²) < 4.78 is 6.04. The van der Waals surface area contributed by atoms with Crippen LogP contribution in [0, 0.1) is 0 Å². The Balaban J connectivity index is 0.00000132. The van der Waals surface area contributed by atoms with E-state index in [1.807, 2.05) is 48.5 Å². The summed E-state index contributed by atoms with van der Waals surface area (Å²) in [5.41, 5.74) is 10.7. The van der Waals surface area contributed by atoms with Crippen LogP contribution in [-0.2, 0) is 0 Å². The van der Waals surface area contributed by atoms with E-state index in [1.54, 1.807) is 0 Å². The van der Waals surface area contributed by atoms with Gasteiger partial charge in [-0.15, -0.1) is 0 Å². The van der Waals surface area contributed by atoms with E-state index in [4.69, 9.17) is 10.2 Å². The Morgan fingerprint density at radius 1 is 0.667 bits per heavy atom. The first-order valence-corrected chi connectivity index (χ1v) is 6.60. The molecule has 2 heteroatoms. The maximum Gasteiger partial charge on any atom is 0.143 e. The fourth-order valence-electron chi connectivity index (χ4n) is 2.70. The number of rotatable bonds is 1. The van der Waals surface area contributed by atoms with Crippen LogP contribution >= 0.6 is 0 Å². The van der Waals surface area contributed by atoms with Gasteiger partial charge in [-0.1, -0.05) is 62.0 Å². The molecule has 3 aromatic carbocycles. The minimum absolute atomic E-state index is 0. The highest BCUT2D eigenvalue weighted by Gasteiger charge is 2.12. The number of hydrogen-bond acceptors (Lipinski definition) is 2. The molecule has 0 aliphatic rings. The molecule has 0 atom stereocenters. The average molecular weight is 275 g/mol. The van der Waals surface area contributed by atoms with E-state index in [2.05, 4.69) is 18.2 Å². The van der Waals surface area contributed by atoms with Gasteiger partial charge in [0.2, 0.25) is 0 Å². The third-order valence-corrected chi connectivity index (χ3v) is 3.66. The van der Waals surface area contributed by atoms with Crippen molar-refractivity contribution in [2.24, 2.45) is 0 Å². The van der Waals surface area contributed by atoms with E-state index in [-0.39, 0.29) is 7.43 Å². The van der Waals surface area contributed by atoms with Gasteiger partial charge in [0.05, 0.1) is 0 Å². The van der Waals surface area contributed by atoms with Crippen molar-refractivity contribution in [2.45, 2.75) is 7.43 Å². The van der Waals surface area contributed by atoms with Crippen LogP contribution < -0.4 is 5.73 Å². The quantitative estimate of drug-likeness (QED) is 0.468. The van der Waals surface area contributed by atoms with E-state index < -0.39 is 0 Å². The fourth-order valence-corrected chi connectivity index (χ4v) is 2.70. The van der Waals surface area contributed by atoms with Crippen molar-refractivity contribution in [3.63, 3.8) is 0 Å². The molecule has 1 aromatic heterocycles. The number of nitrogen functional groups attached to an aromatic ring is 1. The first-order valence-electron chi connectivity index (χ1n) is 6.60. The van der Waals surface area contributed by atoms with Crippen LogP contribution in [0.15, 0.2) is 71.1 Å². The number of furan rings is 1. The fraction of sp³-hybridized carbons (Fsp3) is 0.0526. The molecule has 4 aromatic rings. The highest BCUT2D eigenvalue weighted by atomic mass is 16.3. The molecule has 0 spiro atoms. The largest absolute Gasteiger partial charge is 0.455 e. The SMILES string of the molecule is C.Nc1ccccc1-c1cccc2c1oc1ccccc12. The lowest BCUT2D eigenvalue weighted by Crippen LogP contribution is -1.89. The topological polar surface area (TPSA) is 39.2 Å². The zero-order valence-corrected chi connectivity index (χ0v) is 10.8. The number of nitrogens with two attached hydrogens (primary N) is 1. The van der Waals surface area contributed by atoms with Gasteiger partial charge in [0, 0.05) is 27.6 Å². The molecule has 104 valence electrons. The lowest BCUT2D eigenvalue weighted by atomic mass is 10.0. The van der Waals surface area contributed by atoms with Crippen LogP contribution in [0.25, 0.3) is 33.1 Å². The molecule has 2 N–H and O–H groups in total. The molecule has 0 unspecified atom stereocenters. The van der Waals surface area contributed by atoms with Gasteiger partial charge < -0.3 is 10.2 Å². The molecular formula is C19H17NO. The summed E-state index contributed by atoms with van der Waals surface area (Å²) in [5.74, 6) is 0. The van der Waals surface area contributed by atoms with Crippen molar-refractivity contribution < 1.29 is 4.42 Å². The van der Waals surface area contributed by atoms with E-state index in [1.165, 1.54) is 0 Å². The summed E-state index contributed by atoms with van der Waals surface area (Å²) in [7, 11) is 0. The number of hydrogen-bond donors (Lipinski definition) is 1. The Hall–Kier alpha value is -2.74. The van der Waals surface area contributed by atoms with E-state index in [9.17, 15) is 0 Å². The number of fused-ring (bicyclic) bond motifs is 3. The minimum atomic E-state index is 0. The van der Waals surface area contributed by atoms with Gasteiger partial charge >= 0.3 is 0 Å². The molecule has 0 saturated carbocycles. The molecule has 4 rings (SSSR count). The Bertz CT molecular complexity index is 921. The number of anilines is 1. The predicted molar refractivity (Wildman–Crippen MR) is 90.3 cm³/mol. The first kappa shape index (κ1) is 13.3. The molecule has 0 bridgehead atoms. The molecule has 0 radical (unpaired) electrons. The van der Waals surface area contributed by atoms with Crippen LogP contribution in [0.2, 0.25) is 0 Å². The smallest absolute Gasteiger partial charge is 0.143 e. The normalized spacial score (nSPS) is 10.7. The summed E-state index contributed by atoms with van der Waals surface area (Å²) in [6.07, 6.45) is 0. The highest BCUT2D eigenvalue weighted by molar-refractivity contribution is 6.10. The van der Waals surface area contributed by atoms with Crippen molar-refractivity contribution in [3.8, 4) is 11.1 Å². The predicted octanol–water partition coefficient (Wildman–Crippen LogP) is 5.47. The minimum Gasteiger partial charge on any atom is -0.455 e. The zero-order valence-electron chi connectivity index (χ0n) is 10.8. The maximum absolute atomic E-state index is 6.10. The second-order valence-corrected chi connectivity index (χ2v) is 4.87. The summed E-state index contributed by atoms with van der Waals surface area (Å²) in [4.78, 5) is 0. The highest BCUT2D eigenvalue weighted by Crippen LogP contribution is 2.37. The Morgan fingerprint density at radius 3 is 2.19 bits per heavy atom.